The highest BCUT2D eigenvalue weighted by atomic mass is 32.2. The zero-order valence-electron chi connectivity index (χ0n) is 33.8. The Hall–Kier alpha value is -6.14. The molecular formula is C42H49N7O9S. The average Bonchev–Trinajstić information content (AvgIpc) is 3.18. The topological polar surface area (TPSA) is 201 Å². The van der Waals surface area contributed by atoms with Gasteiger partial charge in [-0.3, -0.25) is 9.52 Å². The van der Waals surface area contributed by atoms with Gasteiger partial charge in [0.15, 0.2) is 5.75 Å². The van der Waals surface area contributed by atoms with Crippen LogP contribution in [0.3, 0.4) is 0 Å². The Morgan fingerprint density at radius 1 is 0.864 bits per heavy atom. The molecule has 0 saturated carbocycles. The quantitative estimate of drug-likeness (QED) is 0.0561. The Kier molecular flexibility index (Phi) is 12.8. The summed E-state index contributed by atoms with van der Waals surface area (Å²) in [5, 5.41) is 26.0. The molecule has 1 fully saturated rings. The van der Waals surface area contributed by atoms with Gasteiger partial charge in [0.2, 0.25) is 10.0 Å². The van der Waals surface area contributed by atoms with E-state index in [-0.39, 0.29) is 41.5 Å². The molecule has 17 heteroatoms. The van der Waals surface area contributed by atoms with Crippen molar-refractivity contribution in [3.63, 3.8) is 0 Å². The van der Waals surface area contributed by atoms with Gasteiger partial charge in [-0.05, 0) is 53.4 Å². The van der Waals surface area contributed by atoms with Crippen LogP contribution in [0.5, 0.6) is 23.0 Å². The molecule has 16 nitrogen and oxygen atoms in total. The third-order valence-electron chi connectivity index (χ3n) is 9.60. The number of morpholine rings is 1. The van der Waals surface area contributed by atoms with E-state index in [1.165, 1.54) is 14.2 Å². The van der Waals surface area contributed by atoms with E-state index in [1.807, 2.05) is 45.0 Å². The molecule has 0 unspecified atom stereocenters. The van der Waals surface area contributed by atoms with Gasteiger partial charge in [0.1, 0.15) is 36.2 Å². The van der Waals surface area contributed by atoms with Gasteiger partial charge < -0.3 is 50.1 Å². The highest BCUT2D eigenvalue weighted by Gasteiger charge is 2.24. The Labute approximate surface area is 343 Å². The van der Waals surface area contributed by atoms with Gasteiger partial charge in [0.05, 0.1) is 69.4 Å². The molecule has 59 heavy (non-hydrogen) atoms. The van der Waals surface area contributed by atoms with Gasteiger partial charge in [-0.15, -0.1) is 0 Å². The number of hydrogen-bond donors (Lipinski definition) is 5. The number of sulfonamides is 1. The Morgan fingerprint density at radius 2 is 1.58 bits per heavy atom. The zero-order chi connectivity index (χ0) is 42.4. The summed E-state index contributed by atoms with van der Waals surface area (Å²) in [6.45, 7) is 7.97. The van der Waals surface area contributed by atoms with Gasteiger partial charge in [0.25, 0.3) is 5.91 Å². The average molecular weight is 828 g/mol. The number of quaternary nitrogens is 1. The van der Waals surface area contributed by atoms with Crippen LogP contribution >= 0.6 is 0 Å². The van der Waals surface area contributed by atoms with Crippen molar-refractivity contribution in [3.05, 3.63) is 101 Å². The molecular weight excluding hydrogens is 779 g/mol. The lowest BCUT2D eigenvalue weighted by atomic mass is 9.86. The van der Waals surface area contributed by atoms with Crippen LogP contribution < -0.4 is 40.2 Å². The van der Waals surface area contributed by atoms with Crippen LogP contribution in [0.25, 0.3) is 10.8 Å². The number of nitrogens with one attached hydrogen (secondary N) is 5. The van der Waals surface area contributed by atoms with Crippen LogP contribution in [-0.2, 0) is 20.2 Å². The second-order valence-corrected chi connectivity index (χ2v) is 16.8. The van der Waals surface area contributed by atoms with Crippen LogP contribution in [0.4, 0.5) is 33.4 Å². The Bertz CT molecular complexity index is 2450. The fourth-order valence-corrected chi connectivity index (χ4v) is 7.09. The number of nitrogens with zero attached hydrogens (tertiary/aromatic N) is 2. The van der Waals surface area contributed by atoms with Gasteiger partial charge in [-0.25, -0.2) is 18.2 Å². The molecule has 1 aliphatic rings. The third-order valence-corrected chi connectivity index (χ3v) is 10.2. The number of benzene rings is 4. The minimum absolute atomic E-state index is 0.161. The minimum atomic E-state index is -3.65. The second-order valence-electron chi connectivity index (χ2n) is 15.1. The molecule has 0 spiro atoms. The lowest BCUT2D eigenvalue weighted by Gasteiger charge is -2.45. The molecule has 1 saturated heterocycles. The number of urea groups is 1. The molecule has 1 aromatic heterocycles. The highest BCUT2D eigenvalue weighted by molar-refractivity contribution is 7.92. The van der Waals surface area contributed by atoms with Gasteiger partial charge in [-0.2, -0.15) is 0 Å². The first-order chi connectivity index (χ1) is 28.0. The Morgan fingerprint density at radius 3 is 2.27 bits per heavy atom. The summed E-state index contributed by atoms with van der Waals surface area (Å²) in [7, 11) is -0.774. The standard InChI is InChI=1S/C42H49N7O9S/c1-42(2,3)27-23-34(39(56-5)35(24-27)48-59(6,53)54)47-41(51)46-33-13-14-36(31-10-8-7-9-30(31)33)58-29-15-16-43-38(26-29)45-28-11-12-32(37(25-28)55-4)40(50)44-17-18-49(52)19-21-57-22-20-49/h7-16,23-26,48H,17-22H2,1-6H3,(H,43,45)(H,44,50)(H2,46,47,51). The summed E-state index contributed by atoms with van der Waals surface area (Å²) in [4.78, 5) is 30.9. The maximum absolute atomic E-state index is 13.5. The largest absolute Gasteiger partial charge is 0.633 e. The van der Waals surface area contributed by atoms with Crippen LogP contribution in [0.2, 0.25) is 0 Å². The predicted molar refractivity (Wildman–Crippen MR) is 229 cm³/mol. The number of anilines is 5. The fourth-order valence-electron chi connectivity index (χ4n) is 6.54. The van der Waals surface area contributed by atoms with E-state index in [9.17, 15) is 23.2 Å². The molecule has 3 amide bonds. The summed E-state index contributed by atoms with van der Waals surface area (Å²) in [5.41, 5.74) is 2.33. The van der Waals surface area contributed by atoms with Crippen LogP contribution in [-0.4, -0.2) is 89.9 Å². The van der Waals surface area contributed by atoms with E-state index in [0.717, 1.165) is 17.2 Å². The van der Waals surface area contributed by atoms with E-state index in [1.54, 1.807) is 60.8 Å². The van der Waals surface area contributed by atoms with Gasteiger partial charge in [0, 0.05) is 34.8 Å². The van der Waals surface area contributed by atoms with Crippen LogP contribution in [0.15, 0.2) is 85.1 Å². The zero-order valence-corrected chi connectivity index (χ0v) is 34.6. The molecule has 4 aromatic carbocycles. The number of amides is 3. The van der Waals surface area contributed by atoms with E-state index in [0.29, 0.717) is 71.7 Å². The van der Waals surface area contributed by atoms with Crippen molar-refractivity contribution in [2.45, 2.75) is 26.2 Å². The van der Waals surface area contributed by atoms with Crippen molar-refractivity contribution in [1.82, 2.24) is 10.3 Å². The predicted octanol–water partition coefficient (Wildman–Crippen LogP) is 7.18. The first kappa shape index (κ1) is 42.5. The minimum Gasteiger partial charge on any atom is -0.633 e. The number of ether oxygens (including phenoxy) is 4. The number of aromatic nitrogens is 1. The van der Waals surface area contributed by atoms with Crippen LogP contribution in [0, 0.1) is 5.21 Å². The lowest BCUT2D eigenvalue weighted by molar-refractivity contribution is -0.887. The molecule has 312 valence electrons. The monoisotopic (exact) mass is 827 g/mol. The first-order valence-electron chi connectivity index (χ1n) is 18.9. The number of fused-ring (bicyclic) bond motifs is 1. The SMILES string of the molecule is COc1cc(Nc2cc(Oc3ccc(NC(=O)Nc4cc(C(C)(C)C)cc(NS(C)(=O)=O)c4OC)c4ccccc34)ccn2)ccc1C(=O)NCC[N+]1([O-])CCOCC1. The van der Waals surface area contributed by atoms with E-state index >= 15 is 0 Å². The Balaban J connectivity index is 1.15. The summed E-state index contributed by atoms with van der Waals surface area (Å²) >= 11 is 0. The molecule has 1 aliphatic heterocycles. The summed E-state index contributed by atoms with van der Waals surface area (Å²) < 4.78 is 49.2. The number of methoxy groups -OCH3 is 2. The van der Waals surface area contributed by atoms with Crippen LogP contribution in [0.1, 0.15) is 36.7 Å². The number of hydroxylamine groups is 3. The number of carbonyl (C=O) groups excluding carboxylic acids is 2. The number of pyridine rings is 1. The molecule has 6 rings (SSSR count). The fraction of sp³-hybridized carbons (Fsp3) is 0.310. The smallest absolute Gasteiger partial charge is 0.323 e. The molecule has 5 N–H and O–H groups in total. The van der Waals surface area contributed by atoms with Crippen molar-refractivity contribution in [2.24, 2.45) is 0 Å². The van der Waals surface area contributed by atoms with E-state index in [4.69, 9.17) is 18.9 Å². The van der Waals surface area contributed by atoms with Crippen molar-refractivity contribution >= 4 is 61.3 Å². The molecule has 0 bridgehead atoms. The summed E-state index contributed by atoms with van der Waals surface area (Å²) in [6.07, 6.45) is 2.64. The lowest BCUT2D eigenvalue weighted by Crippen LogP contribution is -2.53. The number of rotatable bonds is 14. The van der Waals surface area contributed by atoms with Crippen molar-refractivity contribution in [2.75, 3.05) is 80.5 Å². The summed E-state index contributed by atoms with van der Waals surface area (Å²) in [6, 6.07) is 22.3. The van der Waals surface area contributed by atoms with Gasteiger partial charge >= 0.3 is 6.03 Å². The molecule has 5 aromatic rings. The van der Waals surface area contributed by atoms with E-state index < -0.39 is 20.7 Å². The number of hydrogen-bond acceptors (Lipinski definition) is 11. The maximum Gasteiger partial charge on any atom is 0.323 e. The van der Waals surface area contributed by atoms with Crippen molar-refractivity contribution in [3.8, 4) is 23.0 Å². The highest BCUT2D eigenvalue weighted by Crippen LogP contribution is 2.40. The van der Waals surface area contributed by atoms with Crippen molar-refractivity contribution < 1.29 is 41.6 Å². The van der Waals surface area contributed by atoms with Crippen molar-refractivity contribution in [1.29, 1.82) is 0 Å². The molecule has 0 radical (unpaired) electrons. The van der Waals surface area contributed by atoms with E-state index in [2.05, 4.69) is 31.0 Å². The number of carbonyl (C=O) groups is 2. The first-order valence-corrected chi connectivity index (χ1v) is 20.8. The van der Waals surface area contributed by atoms with Gasteiger partial charge in [-0.1, -0.05) is 45.0 Å². The molecule has 2 heterocycles. The molecule has 0 aliphatic carbocycles. The maximum atomic E-state index is 13.5. The summed E-state index contributed by atoms with van der Waals surface area (Å²) in [5.74, 6) is 1.63. The second kappa shape index (κ2) is 17.8. The molecule has 0 atom stereocenters. The normalized spacial score (nSPS) is 13.9. The third kappa shape index (κ3) is 10.9.